The number of rotatable bonds is 8. The molecule has 6 heteroatoms. The summed E-state index contributed by atoms with van der Waals surface area (Å²) in [6.07, 6.45) is 1.47. The number of H-pyrrole nitrogens is 1. The third-order valence-electron chi connectivity index (χ3n) is 5.06. The molecular weight excluding hydrogens is 368 g/mol. The van der Waals surface area contributed by atoms with E-state index >= 15 is 0 Å². The number of aromatic nitrogens is 1. The second-order valence-electron chi connectivity index (χ2n) is 6.99. The normalized spacial score (nSPS) is 10.7. The van der Waals surface area contributed by atoms with Crippen LogP contribution in [0.1, 0.15) is 17.5 Å². The molecular formula is C23H26N2O4. The molecule has 6 nitrogen and oxygen atoms in total. The molecule has 0 aliphatic carbocycles. The molecule has 29 heavy (non-hydrogen) atoms. The number of ether oxygens (including phenoxy) is 2. The minimum atomic E-state index is -0.167. The SMILES string of the molecule is COc1ccc(CCN(C)C(=O)CCc2cc3ccc(OC)cc3[nH]c2=O)cc1. The van der Waals surface area contributed by atoms with E-state index in [0.29, 0.717) is 30.7 Å². The second-order valence-corrected chi connectivity index (χ2v) is 6.99. The summed E-state index contributed by atoms with van der Waals surface area (Å²) in [5.41, 5.74) is 2.31. The van der Waals surface area contributed by atoms with Crippen LogP contribution in [0, 0.1) is 0 Å². The predicted molar refractivity (Wildman–Crippen MR) is 114 cm³/mol. The summed E-state index contributed by atoms with van der Waals surface area (Å²) in [6, 6.07) is 15.2. The quantitative estimate of drug-likeness (QED) is 0.637. The molecule has 0 unspecified atom stereocenters. The molecule has 3 rings (SSSR count). The number of carbonyl (C=O) groups excluding carboxylic acids is 1. The minimum absolute atomic E-state index is 0.0211. The van der Waals surface area contributed by atoms with Gasteiger partial charge < -0.3 is 19.4 Å². The fourth-order valence-electron chi connectivity index (χ4n) is 3.18. The van der Waals surface area contributed by atoms with Crippen LogP contribution in [0.4, 0.5) is 0 Å². The summed E-state index contributed by atoms with van der Waals surface area (Å²) in [5, 5.41) is 0.917. The van der Waals surface area contributed by atoms with Crippen molar-refractivity contribution in [1.82, 2.24) is 9.88 Å². The Morgan fingerprint density at radius 3 is 2.34 bits per heavy atom. The van der Waals surface area contributed by atoms with Crippen LogP contribution in [0.25, 0.3) is 10.9 Å². The van der Waals surface area contributed by atoms with Crippen molar-refractivity contribution in [3.8, 4) is 11.5 Å². The molecule has 1 N–H and O–H groups in total. The van der Waals surface area contributed by atoms with Crippen molar-refractivity contribution in [3.05, 3.63) is 70.0 Å². The third-order valence-corrected chi connectivity index (χ3v) is 5.06. The van der Waals surface area contributed by atoms with Gasteiger partial charge in [-0.25, -0.2) is 0 Å². The molecule has 0 aliphatic rings. The zero-order valence-electron chi connectivity index (χ0n) is 17.0. The van der Waals surface area contributed by atoms with E-state index < -0.39 is 0 Å². The number of carbonyl (C=O) groups is 1. The highest BCUT2D eigenvalue weighted by atomic mass is 16.5. The van der Waals surface area contributed by atoms with E-state index in [1.165, 1.54) is 0 Å². The van der Waals surface area contributed by atoms with E-state index in [2.05, 4.69) is 4.98 Å². The number of aromatic amines is 1. The van der Waals surface area contributed by atoms with Gasteiger partial charge in [0.2, 0.25) is 5.91 Å². The Morgan fingerprint density at radius 1 is 0.966 bits per heavy atom. The van der Waals surface area contributed by atoms with Gasteiger partial charge in [0.25, 0.3) is 5.56 Å². The van der Waals surface area contributed by atoms with Gasteiger partial charge in [-0.2, -0.15) is 0 Å². The second kappa shape index (κ2) is 9.28. The highest BCUT2D eigenvalue weighted by Crippen LogP contribution is 2.19. The molecule has 1 heterocycles. The van der Waals surface area contributed by atoms with Crippen molar-refractivity contribution in [3.63, 3.8) is 0 Å². The van der Waals surface area contributed by atoms with Gasteiger partial charge in [-0.05, 0) is 54.1 Å². The molecule has 1 amide bonds. The van der Waals surface area contributed by atoms with Gasteiger partial charge in [-0.1, -0.05) is 12.1 Å². The number of pyridine rings is 1. The first-order valence-corrected chi connectivity index (χ1v) is 9.57. The van der Waals surface area contributed by atoms with Crippen molar-refractivity contribution in [2.45, 2.75) is 19.3 Å². The number of methoxy groups -OCH3 is 2. The lowest BCUT2D eigenvalue weighted by molar-refractivity contribution is -0.129. The number of amides is 1. The first-order valence-electron chi connectivity index (χ1n) is 9.57. The molecule has 3 aromatic rings. The molecule has 2 aromatic carbocycles. The highest BCUT2D eigenvalue weighted by molar-refractivity contribution is 5.81. The Bertz CT molecular complexity index is 1040. The number of hydrogen-bond donors (Lipinski definition) is 1. The van der Waals surface area contributed by atoms with Gasteiger partial charge in [0, 0.05) is 31.6 Å². The largest absolute Gasteiger partial charge is 0.497 e. The lowest BCUT2D eigenvalue weighted by Gasteiger charge is -2.17. The van der Waals surface area contributed by atoms with Gasteiger partial charge in [0.15, 0.2) is 0 Å². The van der Waals surface area contributed by atoms with Crippen LogP contribution in [0.3, 0.4) is 0 Å². The van der Waals surface area contributed by atoms with E-state index in [9.17, 15) is 9.59 Å². The van der Waals surface area contributed by atoms with E-state index in [-0.39, 0.29) is 11.5 Å². The summed E-state index contributed by atoms with van der Waals surface area (Å²) >= 11 is 0. The number of nitrogens with zero attached hydrogens (tertiary/aromatic N) is 1. The van der Waals surface area contributed by atoms with Crippen LogP contribution >= 0.6 is 0 Å². The maximum absolute atomic E-state index is 12.5. The maximum atomic E-state index is 12.5. The van der Waals surface area contributed by atoms with E-state index in [0.717, 1.165) is 28.6 Å². The third kappa shape index (κ3) is 5.16. The Balaban J connectivity index is 1.57. The van der Waals surface area contributed by atoms with Gasteiger partial charge in [-0.15, -0.1) is 0 Å². The van der Waals surface area contributed by atoms with Crippen LogP contribution in [-0.2, 0) is 17.6 Å². The Hall–Kier alpha value is -3.28. The lowest BCUT2D eigenvalue weighted by Crippen LogP contribution is -2.29. The van der Waals surface area contributed by atoms with E-state index in [4.69, 9.17) is 9.47 Å². The van der Waals surface area contributed by atoms with Crippen molar-refractivity contribution in [2.24, 2.45) is 0 Å². The fourth-order valence-corrected chi connectivity index (χ4v) is 3.18. The Kier molecular flexibility index (Phi) is 6.54. The Labute approximate surface area is 170 Å². The zero-order valence-corrected chi connectivity index (χ0v) is 17.0. The molecule has 0 saturated carbocycles. The molecule has 0 fully saturated rings. The maximum Gasteiger partial charge on any atom is 0.251 e. The average Bonchev–Trinajstić information content (AvgIpc) is 2.75. The number of fused-ring (bicyclic) bond motifs is 1. The smallest absolute Gasteiger partial charge is 0.251 e. The summed E-state index contributed by atoms with van der Waals surface area (Å²) in [7, 11) is 5.02. The summed E-state index contributed by atoms with van der Waals surface area (Å²) in [4.78, 5) is 29.4. The van der Waals surface area contributed by atoms with Crippen molar-refractivity contribution >= 4 is 16.8 Å². The summed E-state index contributed by atoms with van der Waals surface area (Å²) < 4.78 is 10.3. The number of nitrogens with one attached hydrogen (secondary N) is 1. The lowest BCUT2D eigenvalue weighted by atomic mass is 10.1. The standard InChI is InChI=1S/C23H26N2O4/c1-25(13-12-16-4-8-19(28-2)9-5-16)22(26)11-7-18-14-17-6-10-20(29-3)15-21(17)24-23(18)27/h4-6,8-10,14-15H,7,11-13H2,1-3H3,(H,24,27). The van der Waals surface area contributed by atoms with Crippen LogP contribution in [-0.4, -0.2) is 43.6 Å². The van der Waals surface area contributed by atoms with Crippen molar-refractivity contribution in [2.75, 3.05) is 27.8 Å². The zero-order chi connectivity index (χ0) is 20.8. The molecule has 0 atom stereocenters. The van der Waals surface area contributed by atoms with E-state index in [1.807, 2.05) is 42.5 Å². The summed E-state index contributed by atoms with van der Waals surface area (Å²) in [5.74, 6) is 1.53. The molecule has 0 spiro atoms. The highest BCUT2D eigenvalue weighted by Gasteiger charge is 2.11. The Morgan fingerprint density at radius 2 is 1.66 bits per heavy atom. The van der Waals surface area contributed by atoms with Crippen LogP contribution in [0.5, 0.6) is 11.5 Å². The molecule has 0 saturated heterocycles. The van der Waals surface area contributed by atoms with Crippen LogP contribution < -0.4 is 15.0 Å². The van der Waals surface area contributed by atoms with Crippen molar-refractivity contribution < 1.29 is 14.3 Å². The molecule has 152 valence electrons. The minimum Gasteiger partial charge on any atom is -0.497 e. The van der Waals surface area contributed by atoms with Gasteiger partial charge in [0.1, 0.15) is 11.5 Å². The molecule has 0 aliphatic heterocycles. The molecule has 1 aromatic heterocycles. The molecule has 0 bridgehead atoms. The van der Waals surface area contributed by atoms with Gasteiger partial charge in [-0.3, -0.25) is 9.59 Å². The summed E-state index contributed by atoms with van der Waals surface area (Å²) in [6.45, 7) is 0.624. The van der Waals surface area contributed by atoms with Crippen LogP contribution in [0.15, 0.2) is 53.3 Å². The van der Waals surface area contributed by atoms with Gasteiger partial charge >= 0.3 is 0 Å². The fraction of sp³-hybridized carbons (Fsp3) is 0.304. The number of aryl methyl sites for hydroxylation is 1. The average molecular weight is 394 g/mol. The number of benzene rings is 2. The number of likely N-dealkylation sites (N-methyl/N-ethyl adjacent to an activating group) is 1. The van der Waals surface area contributed by atoms with Crippen molar-refractivity contribution in [1.29, 1.82) is 0 Å². The first-order chi connectivity index (χ1) is 14.0. The molecule has 0 radical (unpaired) electrons. The van der Waals surface area contributed by atoms with E-state index in [1.54, 1.807) is 32.2 Å². The predicted octanol–water partition coefficient (Wildman–Crippen LogP) is 3.18. The topological polar surface area (TPSA) is 71.6 Å². The number of hydrogen-bond acceptors (Lipinski definition) is 4. The first kappa shape index (κ1) is 20.5. The van der Waals surface area contributed by atoms with Gasteiger partial charge in [0.05, 0.1) is 19.7 Å². The van der Waals surface area contributed by atoms with Crippen LogP contribution in [0.2, 0.25) is 0 Å². The monoisotopic (exact) mass is 394 g/mol.